The fourth-order valence-corrected chi connectivity index (χ4v) is 4.32. The van der Waals surface area contributed by atoms with Gasteiger partial charge >= 0.3 is 0 Å². The molecule has 0 aromatic heterocycles. The Morgan fingerprint density at radius 1 is 1.06 bits per heavy atom. The Hall–Kier alpha value is -0.0900. The average Bonchev–Trinajstić information content (AvgIpc) is 2.80. The lowest BCUT2D eigenvalue weighted by Gasteiger charge is -2.10. The van der Waals surface area contributed by atoms with Crippen molar-refractivity contribution in [3.63, 3.8) is 0 Å². The lowest BCUT2D eigenvalue weighted by Crippen LogP contribution is -2.27. The summed E-state index contributed by atoms with van der Waals surface area (Å²) in [5.41, 5.74) is 0. The molecule has 0 aromatic rings. The fraction of sp³-hybridized carbons (Fsp3) is 1.00. The van der Waals surface area contributed by atoms with Crippen LogP contribution in [0.3, 0.4) is 0 Å². The molecule has 0 unspecified atom stereocenters. The number of hydrogen-bond acceptors (Lipinski definition) is 3. The minimum atomic E-state index is -2.82. The van der Waals surface area contributed by atoms with Crippen molar-refractivity contribution in [2.45, 2.75) is 58.3 Å². The molecule has 1 saturated carbocycles. The number of sulfone groups is 1. The Balaban J connectivity index is 2.02. The van der Waals surface area contributed by atoms with Crippen LogP contribution in [0.1, 0.15) is 58.3 Å². The van der Waals surface area contributed by atoms with Gasteiger partial charge in [0.05, 0.1) is 11.5 Å². The second-order valence-corrected chi connectivity index (χ2v) is 7.80. The minimum absolute atomic E-state index is 0.317. The van der Waals surface area contributed by atoms with Crippen molar-refractivity contribution in [2.24, 2.45) is 5.92 Å². The molecular weight excluding hydrogens is 246 g/mol. The summed E-state index contributed by atoms with van der Waals surface area (Å²) in [6, 6.07) is 0. The van der Waals surface area contributed by atoms with Crippen LogP contribution in [-0.4, -0.2) is 33.0 Å². The van der Waals surface area contributed by atoms with Crippen LogP contribution in [0.25, 0.3) is 0 Å². The molecule has 0 radical (unpaired) electrons. The van der Waals surface area contributed by atoms with E-state index in [1.54, 1.807) is 0 Å². The van der Waals surface area contributed by atoms with Gasteiger partial charge in [0.25, 0.3) is 0 Å². The van der Waals surface area contributed by atoms with E-state index in [1.165, 1.54) is 32.1 Å². The van der Waals surface area contributed by atoms with E-state index in [0.717, 1.165) is 25.8 Å². The summed E-state index contributed by atoms with van der Waals surface area (Å²) in [5, 5.41) is 3.25. The molecule has 0 heterocycles. The Morgan fingerprint density at radius 2 is 1.78 bits per heavy atom. The van der Waals surface area contributed by atoms with Crippen molar-refractivity contribution in [3.8, 4) is 0 Å². The van der Waals surface area contributed by atoms with Gasteiger partial charge in [0.15, 0.2) is 9.84 Å². The molecule has 0 bridgehead atoms. The number of nitrogens with one attached hydrogen (secondary N) is 1. The van der Waals surface area contributed by atoms with E-state index in [1.807, 2.05) is 0 Å². The third-order valence-electron chi connectivity index (χ3n) is 3.76. The highest BCUT2D eigenvalue weighted by Gasteiger charge is 2.21. The number of hydrogen-bond donors (Lipinski definition) is 1. The first kappa shape index (κ1) is 16.0. The molecule has 0 aliphatic heterocycles. The molecule has 1 aliphatic rings. The van der Waals surface area contributed by atoms with Crippen LogP contribution in [0.2, 0.25) is 0 Å². The molecule has 1 fully saturated rings. The van der Waals surface area contributed by atoms with Crippen molar-refractivity contribution in [1.29, 1.82) is 0 Å². The van der Waals surface area contributed by atoms with Crippen LogP contribution >= 0.6 is 0 Å². The molecule has 0 aromatic carbocycles. The maximum absolute atomic E-state index is 11.9. The van der Waals surface area contributed by atoms with Gasteiger partial charge < -0.3 is 5.32 Å². The van der Waals surface area contributed by atoms with Crippen molar-refractivity contribution in [2.75, 3.05) is 24.6 Å². The SMILES string of the molecule is CCCCCCNCCS(=O)(=O)CC1CCCC1. The molecule has 18 heavy (non-hydrogen) atoms. The highest BCUT2D eigenvalue weighted by molar-refractivity contribution is 7.91. The van der Waals surface area contributed by atoms with E-state index in [2.05, 4.69) is 12.2 Å². The van der Waals surface area contributed by atoms with E-state index in [0.29, 0.717) is 24.0 Å². The molecule has 3 nitrogen and oxygen atoms in total. The highest BCUT2D eigenvalue weighted by atomic mass is 32.2. The number of unbranched alkanes of at least 4 members (excludes halogenated alkanes) is 3. The van der Waals surface area contributed by atoms with Crippen molar-refractivity contribution >= 4 is 9.84 Å². The Bertz CT molecular complexity index is 295. The molecule has 4 heteroatoms. The second kappa shape index (κ2) is 8.92. The Kier molecular flexibility index (Phi) is 7.91. The molecule has 1 aliphatic carbocycles. The topological polar surface area (TPSA) is 46.2 Å². The summed E-state index contributed by atoms with van der Waals surface area (Å²) in [6.07, 6.45) is 9.60. The molecule has 0 atom stereocenters. The summed E-state index contributed by atoms with van der Waals surface area (Å²) in [6.45, 7) is 3.78. The minimum Gasteiger partial charge on any atom is -0.316 e. The molecule has 0 saturated heterocycles. The van der Waals surface area contributed by atoms with E-state index in [4.69, 9.17) is 0 Å². The van der Waals surface area contributed by atoms with E-state index >= 15 is 0 Å². The molecular formula is C14H29NO2S. The summed E-state index contributed by atoms with van der Waals surface area (Å²) in [5.74, 6) is 1.18. The average molecular weight is 275 g/mol. The largest absolute Gasteiger partial charge is 0.316 e. The predicted molar refractivity (Wildman–Crippen MR) is 77.6 cm³/mol. The van der Waals surface area contributed by atoms with Gasteiger partial charge in [-0.2, -0.15) is 0 Å². The van der Waals surface area contributed by atoms with Crippen molar-refractivity contribution in [1.82, 2.24) is 5.32 Å². The summed E-state index contributed by atoms with van der Waals surface area (Å²) >= 11 is 0. The van der Waals surface area contributed by atoms with Gasteiger partial charge in [-0.25, -0.2) is 8.42 Å². The van der Waals surface area contributed by atoms with Crippen LogP contribution < -0.4 is 5.32 Å². The maximum Gasteiger partial charge on any atom is 0.151 e. The Morgan fingerprint density at radius 3 is 2.44 bits per heavy atom. The lowest BCUT2D eigenvalue weighted by atomic mass is 10.1. The van der Waals surface area contributed by atoms with Crippen LogP contribution in [0.4, 0.5) is 0 Å². The summed E-state index contributed by atoms with van der Waals surface area (Å²) in [4.78, 5) is 0. The van der Waals surface area contributed by atoms with Gasteiger partial charge in [-0.15, -0.1) is 0 Å². The van der Waals surface area contributed by atoms with Gasteiger partial charge in [-0.1, -0.05) is 39.0 Å². The van der Waals surface area contributed by atoms with Gasteiger partial charge in [0.2, 0.25) is 0 Å². The smallest absolute Gasteiger partial charge is 0.151 e. The standard InChI is InChI=1S/C14H29NO2S/c1-2-3-4-7-10-15-11-12-18(16,17)13-14-8-5-6-9-14/h14-15H,2-13H2,1H3. The molecule has 108 valence electrons. The first-order valence-electron chi connectivity index (χ1n) is 7.55. The number of rotatable bonds is 10. The van der Waals surface area contributed by atoms with Gasteiger partial charge in [-0.3, -0.25) is 0 Å². The molecule has 0 amide bonds. The highest BCUT2D eigenvalue weighted by Crippen LogP contribution is 2.25. The van der Waals surface area contributed by atoms with Crippen LogP contribution in [-0.2, 0) is 9.84 Å². The molecule has 1 rings (SSSR count). The zero-order valence-electron chi connectivity index (χ0n) is 11.8. The van der Waals surface area contributed by atoms with Gasteiger partial charge in [0, 0.05) is 6.54 Å². The fourth-order valence-electron chi connectivity index (χ4n) is 2.65. The Labute approximate surface area is 113 Å². The second-order valence-electron chi connectivity index (χ2n) is 5.58. The third-order valence-corrected chi connectivity index (χ3v) is 5.57. The quantitative estimate of drug-likeness (QED) is 0.624. The van der Waals surface area contributed by atoms with Crippen LogP contribution in [0, 0.1) is 5.92 Å². The van der Waals surface area contributed by atoms with E-state index in [9.17, 15) is 8.42 Å². The summed E-state index contributed by atoms with van der Waals surface area (Å²) in [7, 11) is -2.82. The first-order valence-corrected chi connectivity index (χ1v) is 9.37. The zero-order chi connectivity index (χ0) is 13.3. The van der Waals surface area contributed by atoms with Crippen molar-refractivity contribution < 1.29 is 8.42 Å². The van der Waals surface area contributed by atoms with Gasteiger partial charge in [-0.05, 0) is 31.7 Å². The van der Waals surface area contributed by atoms with Gasteiger partial charge in [0.1, 0.15) is 0 Å². The van der Waals surface area contributed by atoms with E-state index < -0.39 is 9.84 Å². The van der Waals surface area contributed by atoms with Crippen LogP contribution in [0.5, 0.6) is 0 Å². The maximum atomic E-state index is 11.9. The molecule has 1 N–H and O–H groups in total. The van der Waals surface area contributed by atoms with Crippen molar-refractivity contribution in [3.05, 3.63) is 0 Å². The first-order chi connectivity index (χ1) is 8.64. The lowest BCUT2D eigenvalue weighted by molar-refractivity contribution is 0.553. The zero-order valence-corrected chi connectivity index (χ0v) is 12.6. The van der Waals surface area contributed by atoms with Crippen LogP contribution in [0.15, 0.2) is 0 Å². The normalized spacial score (nSPS) is 17.4. The third kappa shape index (κ3) is 7.37. The van der Waals surface area contributed by atoms with E-state index in [-0.39, 0.29) is 0 Å². The summed E-state index contributed by atoms with van der Waals surface area (Å²) < 4.78 is 23.8. The molecule has 0 spiro atoms. The monoisotopic (exact) mass is 275 g/mol. The predicted octanol–water partition coefficient (Wildman–Crippen LogP) is 2.76.